The molecule has 2 aromatic rings. The van der Waals surface area contributed by atoms with Gasteiger partial charge in [0.15, 0.2) is 0 Å². The highest BCUT2D eigenvalue weighted by Gasteiger charge is 2.10. The Kier molecular flexibility index (Phi) is 4.34. The number of aromatic hydroxyl groups is 1. The van der Waals surface area contributed by atoms with Gasteiger partial charge in [0.25, 0.3) is 0 Å². The molecular formula is C16H15FN2O. The lowest BCUT2D eigenvalue weighted by Gasteiger charge is -2.15. The maximum atomic E-state index is 12.9. The van der Waals surface area contributed by atoms with Crippen LogP contribution in [0.2, 0.25) is 0 Å². The first-order valence-electron chi connectivity index (χ1n) is 6.31. The van der Waals surface area contributed by atoms with Gasteiger partial charge in [-0.05, 0) is 30.7 Å². The lowest BCUT2D eigenvalue weighted by molar-refractivity contribution is 0.446. The highest BCUT2D eigenvalue weighted by Crippen LogP contribution is 2.24. The highest BCUT2D eigenvalue weighted by molar-refractivity contribution is 5.35. The normalized spacial score (nSPS) is 11.8. The zero-order valence-electron chi connectivity index (χ0n) is 11.1. The maximum absolute atomic E-state index is 12.9. The van der Waals surface area contributed by atoms with Crippen molar-refractivity contribution in [1.29, 1.82) is 5.26 Å². The number of benzene rings is 2. The second kappa shape index (κ2) is 6.18. The van der Waals surface area contributed by atoms with Gasteiger partial charge in [0.2, 0.25) is 0 Å². The summed E-state index contributed by atoms with van der Waals surface area (Å²) in [5.74, 6) is -0.504. The Hall–Kier alpha value is -2.38. The zero-order chi connectivity index (χ0) is 14.5. The second-order valence-electron chi connectivity index (χ2n) is 4.61. The fourth-order valence-electron chi connectivity index (χ4n) is 1.96. The molecule has 1 unspecified atom stereocenters. The summed E-state index contributed by atoms with van der Waals surface area (Å²) in [4.78, 5) is 0. The van der Waals surface area contributed by atoms with Crippen LogP contribution in [-0.2, 0) is 6.54 Å². The second-order valence-corrected chi connectivity index (χ2v) is 4.61. The fraction of sp³-hybridized carbons (Fsp3) is 0.188. The summed E-state index contributed by atoms with van der Waals surface area (Å²) in [6.45, 7) is 2.50. The number of nitrogens with zero attached hydrogens (tertiary/aromatic N) is 1. The van der Waals surface area contributed by atoms with Crippen LogP contribution in [-0.4, -0.2) is 5.11 Å². The molecule has 0 amide bonds. The first-order valence-corrected chi connectivity index (χ1v) is 6.31. The summed E-state index contributed by atoms with van der Waals surface area (Å²) >= 11 is 0. The van der Waals surface area contributed by atoms with Gasteiger partial charge in [-0.3, -0.25) is 0 Å². The smallest absolute Gasteiger partial charge is 0.126 e. The van der Waals surface area contributed by atoms with Crippen molar-refractivity contribution >= 4 is 0 Å². The number of hydrogen-bond acceptors (Lipinski definition) is 3. The minimum Gasteiger partial charge on any atom is -0.508 e. The summed E-state index contributed by atoms with van der Waals surface area (Å²) in [7, 11) is 0. The summed E-state index contributed by atoms with van der Waals surface area (Å²) in [5.41, 5.74) is 2.32. The Labute approximate surface area is 117 Å². The molecule has 0 aliphatic carbocycles. The Bertz CT molecular complexity index is 632. The minimum atomic E-state index is -0.453. The molecule has 1 atom stereocenters. The minimum absolute atomic E-state index is 0.0511. The summed E-state index contributed by atoms with van der Waals surface area (Å²) in [5, 5.41) is 21.7. The third-order valence-electron chi connectivity index (χ3n) is 3.15. The topological polar surface area (TPSA) is 56.0 Å². The van der Waals surface area contributed by atoms with Crippen molar-refractivity contribution in [2.45, 2.75) is 19.5 Å². The van der Waals surface area contributed by atoms with Gasteiger partial charge in [0, 0.05) is 24.2 Å². The molecule has 2 rings (SSSR count). The third kappa shape index (κ3) is 3.34. The largest absolute Gasteiger partial charge is 0.508 e. The molecule has 0 aliphatic rings. The lowest BCUT2D eigenvalue weighted by atomic mass is 10.1. The number of hydrogen-bond donors (Lipinski definition) is 2. The summed E-state index contributed by atoms with van der Waals surface area (Å²) in [6, 6.07) is 13.2. The molecule has 0 fully saturated rings. The molecule has 0 radical (unpaired) electrons. The van der Waals surface area contributed by atoms with E-state index in [2.05, 4.69) is 11.4 Å². The van der Waals surface area contributed by atoms with E-state index in [0.717, 1.165) is 11.6 Å². The van der Waals surface area contributed by atoms with Gasteiger partial charge in [0.05, 0.1) is 11.6 Å². The van der Waals surface area contributed by atoms with Gasteiger partial charge < -0.3 is 10.4 Å². The quantitative estimate of drug-likeness (QED) is 0.896. The van der Waals surface area contributed by atoms with E-state index in [9.17, 15) is 9.50 Å². The third-order valence-corrected chi connectivity index (χ3v) is 3.15. The maximum Gasteiger partial charge on any atom is 0.126 e. The van der Waals surface area contributed by atoms with E-state index in [1.807, 2.05) is 19.1 Å². The van der Waals surface area contributed by atoms with Crippen LogP contribution >= 0.6 is 0 Å². The first kappa shape index (κ1) is 14.0. The predicted octanol–water partition coefficient (Wildman–Crippen LogP) is 3.25. The monoisotopic (exact) mass is 270 g/mol. The summed E-state index contributed by atoms with van der Waals surface area (Å²) < 4.78 is 12.9. The first-order chi connectivity index (χ1) is 9.60. The van der Waals surface area contributed by atoms with E-state index in [1.54, 1.807) is 18.2 Å². The molecule has 102 valence electrons. The van der Waals surface area contributed by atoms with Crippen LogP contribution in [0.5, 0.6) is 5.75 Å². The van der Waals surface area contributed by atoms with Crippen LogP contribution in [0.25, 0.3) is 0 Å². The van der Waals surface area contributed by atoms with Crippen molar-refractivity contribution in [3.63, 3.8) is 0 Å². The van der Waals surface area contributed by atoms with Crippen molar-refractivity contribution in [2.75, 3.05) is 0 Å². The molecule has 4 heteroatoms. The van der Waals surface area contributed by atoms with Gasteiger partial charge in [-0.25, -0.2) is 4.39 Å². The SMILES string of the molecule is CC(NCc1ccc(C#N)cc1)c1ccc(F)cc1O. The number of phenols is 1. The van der Waals surface area contributed by atoms with Gasteiger partial charge >= 0.3 is 0 Å². The van der Waals surface area contributed by atoms with Gasteiger partial charge in [-0.2, -0.15) is 5.26 Å². The predicted molar refractivity (Wildman–Crippen MR) is 74.5 cm³/mol. The van der Waals surface area contributed by atoms with E-state index in [4.69, 9.17) is 5.26 Å². The average Bonchev–Trinajstić information content (AvgIpc) is 2.45. The zero-order valence-corrected chi connectivity index (χ0v) is 11.1. The van der Waals surface area contributed by atoms with Gasteiger partial charge in [-0.1, -0.05) is 18.2 Å². The van der Waals surface area contributed by atoms with Crippen LogP contribution in [0.1, 0.15) is 29.7 Å². The van der Waals surface area contributed by atoms with Crippen molar-refractivity contribution in [3.05, 3.63) is 65.0 Å². The van der Waals surface area contributed by atoms with Gasteiger partial charge in [0.1, 0.15) is 11.6 Å². The summed E-state index contributed by atoms with van der Waals surface area (Å²) in [6.07, 6.45) is 0. The van der Waals surface area contributed by atoms with Crippen LogP contribution in [0.15, 0.2) is 42.5 Å². The molecular weight excluding hydrogens is 255 g/mol. The molecule has 0 saturated heterocycles. The number of nitriles is 1. The molecule has 2 aromatic carbocycles. The molecule has 0 heterocycles. The molecule has 0 saturated carbocycles. The number of halogens is 1. The molecule has 0 spiro atoms. The highest BCUT2D eigenvalue weighted by atomic mass is 19.1. The van der Waals surface area contributed by atoms with E-state index < -0.39 is 5.82 Å². The molecule has 3 nitrogen and oxygen atoms in total. The molecule has 0 aromatic heterocycles. The Morgan fingerprint density at radius 2 is 1.95 bits per heavy atom. The van der Waals surface area contributed by atoms with Crippen LogP contribution in [0.3, 0.4) is 0 Å². The number of rotatable bonds is 4. The van der Waals surface area contributed by atoms with E-state index in [1.165, 1.54) is 6.07 Å². The molecule has 2 N–H and O–H groups in total. The standard InChI is InChI=1S/C16H15FN2O/c1-11(15-7-6-14(17)8-16(15)20)19-10-13-4-2-12(9-18)3-5-13/h2-8,11,19-20H,10H2,1H3. The van der Waals surface area contributed by atoms with Crippen molar-refractivity contribution in [1.82, 2.24) is 5.32 Å². The van der Waals surface area contributed by atoms with E-state index in [0.29, 0.717) is 17.7 Å². The van der Waals surface area contributed by atoms with E-state index >= 15 is 0 Å². The van der Waals surface area contributed by atoms with Crippen molar-refractivity contribution < 1.29 is 9.50 Å². The Morgan fingerprint density at radius 1 is 1.25 bits per heavy atom. The lowest BCUT2D eigenvalue weighted by Crippen LogP contribution is -2.18. The van der Waals surface area contributed by atoms with Crippen LogP contribution in [0.4, 0.5) is 4.39 Å². The Morgan fingerprint density at radius 3 is 2.55 bits per heavy atom. The Balaban J connectivity index is 2.01. The van der Waals surface area contributed by atoms with Crippen LogP contribution in [0, 0.1) is 17.1 Å². The van der Waals surface area contributed by atoms with Gasteiger partial charge in [-0.15, -0.1) is 0 Å². The van der Waals surface area contributed by atoms with Crippen molar-refractivity contribution in [2.24, 2.45) is 0 Å². The van der Waals surface area contributed by atoms with Crippen molar-refractivity contribution in [3.8, 4) is 11.8 Å². The van der Waals surface area contributed by atoms with E-state index in [-0.39, 0.29) is 11.8 Å². The average molecular weight is 270 g/mol. The van der Waals surface area contributed by atoms with Crippen LogP contribution < -0.4 is 5.32 Å². The molecule has 20 heavy (non-hydrogen) atoms. The number of phenolic OH excluding ortho intramolecular Hbond substituents is 1. The molecule has 0 aliphatic heterocycles. The number of nitrogens with one attached hydrogen (secondary N) is 1. The fourth-order valence-corrected chi connectivity index (χ4v) is 1.96. The molecule has 0 bridgehead atoms.